The van der Waals surface area contributed by atoms with Gasteiger partial charge in [-0.25, -0.2) is 4.79 Å². The molecule has 0 heterocycles. The van der Waals surface area contributed by atoms with Crippen LogP contribution in [0.3, 0.4) is 0 Å². The van der Waals surface area contributed by atoms with Crippen LogP contribution in [-0.4, -0.2) is 6.03 Å². The predicted octanol–water partition coefficient (Wildman–Crippen LogP) is 4.60. The molecule has 0 aliphatic carbocycles. The number of nitrogens with one attached hydrogen (secondary N) is 2. The van der Waals surface area contributed by atoms with Crippen molar-refractivity contribution >= 4 is 29.0 Å². The third-order valence-corrected chi connectivity index (χ3v) is 3.00. The summed E-state index contributed by atoms with van der Waals surface area (Å²) in [6.07, 6.45) is 0. The molecule has 2 amide bonds. The Balaban J connectivity index is 2.05. The molecule has 0 aliphatic rings. The Morgan fingerprint density at radius 1 is 1.00 bits per heavy atom. The minimum Gasteiger partial charge on any atom is -0.308 e. The largest absolute Gasteiger partial charge is 0.323 e. The van der Waals surface area contributed by atoms with E-state index in [1.54, 1.807) is 24.3 Å². The lowest BCUT2D eigenvalue weighted by atomic mass is 10.1. The van der Waals surface area contributed by atoms with Gasteiger partial charge in [0.1, 0.15) is 0 Å². The van der Waals surface area contributed by atoms with E-state index in [1.807, 2.05) is 32.0 Å². The van der Waals surface area contributed by atoms with Crippen LogP contribution in [0.4, 0.5) is 16.2 Å². The minimum atomic E-state index is -0.268. The summed E-state index contributed by atoms with van der Waals surface area (Å²) in [6.45, 7) is 3.94. The highest BCUT2D eigenvalue weighted by Crippen LogP contribution is 2.17. The molecule has 0 atom stereocenters. The van der Waals surface area contributed by atoms with Crippen LogP contribution in [0.15, 0.2) is 42.5 Å². The van der Waals surface area contributed by atoms with Gasteiger partial charge in [-0.2, -0.15) is 0 Å². The SMILES string of the molecule is Cc1ccc(C)c(NC(=O)Nc2ccc(Cl)cc2)c1. The van der Waals surface area contributed by atoms with Crippen molar-refractivity contribution in [3.8, 4) is 0 Å². The number of carbonyl (C=O) groups is 1. The Kier molecular flexibility index (Phi) is 4.07. The molecule has 2 aromatic carbocycles. The lowest BCUT2D eigenvalue weighted by Crippen LogP contribution is -2.19. The first kappa shape index (κ1) is 13.4. The van der Waals surface area contributed by atoms with E-state index in [0.717, 1.165) is 16.8 Å². The van der Waals surface area contributed by atoms with Crippen molar-refractivity contribution in [1.29, 1.82) is 0 Å². The van der Waals surface area contributed by atoms with Crippen LogP contribution in [0.1, 0.15) is 11.1 Å². The number of carbonyl (C=O) groups excluding carboxylic acids is 1. The maximum Gasteiger partial charge on any atom is 0.323 e. The summed E-state index contributed by atoms with van der Waals surface area (Å²) >= 11 is 5.79. The fourth-order valence-corrected chi connectivity index (χ4v) is 1.81. The maximum atomic E-state index is 11.9. The molecule has 2 rings (SSSR count). The topological polar surface area (TPSA) is 41.1 Å². The van der Waals surface area contributed by atoms with Crippen molar-refractivity contribution in [3.05, 3.63) is 58.6 Å². The fraction of sp³-hybridized carbons (Fsp3) is 0.133. The van der Waals surface area contributed by atoms with Crippen LogP contribution in [-0.2, 0) is 0 Å². The van der Waals surface area contributed by atoms with Gasteiger partial charge in [-0.1, -0.05) is 23.7 Å². The molecule has 2 N–H and O–H groups in total. The third kappa shape index (κ3) is 3.73. The third-order valence-electron chi connectivity index (χ3n) is 2.74. The molecule has 0 radical (unpaired) electrons. The molecule has 0 aliphatic heterocycles. The Labute approximate surface area is 117 Å². The molecule has 3 nitrogen and oxygen atoms in total. The zero-order chi connectivity index (χ0) is 13.8. The standard InChI is InChI=1S/C15H15ClN2O/c1-10-3-4-11(2)14(9-10)18-15(19)17-13-7-5-12(16)6-8-13/h3-9H,1-2H3,(H2,17,18,19). The van der Waals surface area contributed by atoms with Gasteiger partial charge in [0.2, 0.25) is 0 Å². The molecular formula is C15H15ClN2O. The van der Waals surface area contributed by atoms with E-state index in [1.165, 1.54) is 0 Å². The summed E-state index contributed by atoms with van der Waals surface area (Å²) in [7, 11) is 0. The van der Waals surface area contributed by atoms with Gasteiger partial charge in [0.25, 0.3) is 0 Å². The lowest BCUT2D eigenvalue weighted by molar-refractivity contribution is 0.262. The highest BCUT2D eigenvalue weighted by molar-refractivity contribution is 6.30. The molecule has 0 aromatic heterocycles. The van der Waals surface area contributed by atoms with Crippen molar-refractivity contribution in [2.24, 2.45) is 0 Å². The van der Waals surface area contributed by atoms with Gasteiger partial charge in [0.05, 0.1) is 0 Å². The van der Waals surface area contributed by atoms with E-state index in [4.69, 9.17) is 11.6 Å². The van der Waals surface area contributed by atoms with Crippen LogP contribution in [0.25, 0.3) is 0 Å². The number of benzene rings is 2. The van der Waals surface area contributed by atoms with Crippen molar-refractivity contribution in [3.63, 3.8) is 0 Å². The number of urea groups is 1. The molecule has 19 heavy (non-hydrogen) atoms. The van der Waals surface area contributed by atoms with E-state index in [-0.39, 0.29) is 6.03 Å². The smallest absolute Gasteiger partial charge is 0.308 e. The second kappa shape index (κ2) is 5.76. The molecule has 0 saturated carbocycles. The molecule has 0 bridgehead atoms. The van der Waals surface area contributed by atoms with Gasteiger partial charge in [0.15, 0.2) is 0 Å². The fourth-order valence-electron chi connectivity index (χ4n) is 1.69. The number of hydrogen-bond donors (Lipinski definition) is 2. The Morgan fingerprint density at radius 2 is 1.68 bits per heavy atom. The van der Waals surface area contributed by atoms with Gasteiger partial charge in [-0.3, -0.25) is 0 Å². The summed E-state index contributed by atoms with van der Waals surface area (Å²) in [5, 5.41) is 6.23. The van der Waals surface area contributed by atoms with Crippen LogP contribution in [0.2, 0.25) is 5.02 Å². The molecule has 4 heteroatoms. The minimum absolute atomic E-state index is 0.268. The Hall–Kier alpha value is -2.00. The molecule has 2 aromatic rings. The molecule has 0 fully saturated rings. The van der Waals surface area contributed by atoms with Gasteiger partial charge in [-0.15, -0.1) is 0 Å². The van der Waals surface area contributed by atoms with E-state index in [0.29, 0.717) is 10.7 Å². The summed E-state index contributed by atoms with van der Waals surface area (Å²) in [5.41, 5.74) is 3.64. The van der Waals surface area contributed by atoms with E-state index in [2.05, 4.69) is 10.6 Å². The number of rotatable bonds is 2. The zero-order valence-corrected chi connectivity index (χ0v) is 11.6. The quantitative estimate of drug-likeness (QED) is 0.825. The van der Waals surface area contributed by atoms with Crippen molar-refractivity contribution < 1.29 is 4.79 Å². The molecule has 0 saturated heterocycles. The average molecular weight is 275 g/mol. The number of halogens is 1. The zero-order valence-electron chi connectivity index (χ0n) is 10.8. The van der Waals surface area contributed by atoms with Crippen molar-refractivity contribution in [1.82, 2.24) is 0 Å². The van der Waals surface area contributed by atoms with Crippen molar-refractivity contribution in [2.45, 2.75) is 13.8 Å². The molecule has 0 spiro atoms. The second-order valence-electron chi connectivity index (χ2n) is 4.40. The van der Waals surface area contributed by atoms with Gasteiger partial charge >= 0.3 is 6.03 Å². The summed E-state index contributed by atoms with van der Waals surface area (Å²) in [5.74, 6) is 0. The number of amides is 2. The van der Waals surface area contributed by atoms with Crippen LogP contribution in [0, 0.1) is 13.8 Å². The first-order valence-corrected chi connectivity index (χ1v) is 6.33. The number of hydrogen-bond acceptors (Lipinski definition) is 1. The van der Waals surface area contributed by atoms with Gasteiger partial charge < -0.3 is 10.6 Å². The first-order valence-electron chi connectivity index (χ1n) is 5.95. The van der Waals surface area contributed by atoms with Gasteiger partial charge in [0, 0.05) is 16.4 Å². The van der Waals surface area contributed by atoms with E-state index < -0.39 is 0 Å². The normalized spacial score (nSPS) is 10.1. The molecule has 98 valence electrons. The van der Waals surface area contributed by atoms with Crippen LogP contribution < -0.4 is 10.6 Å². The lowest BCUT2D eigenvalue weighted by Gasteiger charge is -2.10. The monoisotopic (exact) mass is 274 g/mol. The van der Waals surface area contributed by atoms with Crippen molar-refractivity contribution in [2.75, 3.05) is 10.6 Å². The summed E-state index contributed by atoms with van der Waals surface area (Å²) < 4.78 is 0. The average Bonchev–Trinajstić information content (AvgIpc) is 2.37. The number of anilines is 2. The molecule has 0 unspecified atom stereocenters. The number of aryl methyl sites for hydroxylation is 2. The predicted molar refractivity (Wildman–Crippen MR) is 80.0 cm³/mol. The van der Waals surface area contributed by atoms with E-state index >= 15 is 0 Å². The van der Waals surface area contributed by atoms with Gasteiger partial charge in [-0.05, 0) is 55.3 Å². The first-order chi connectivity index (χ1) is 9.04. The van der Waals surface area contributed by atoms with Crippen LogP contribution in [0.5, 0.6) is 0 Å². The second-order valence-corrected chi connectivity index (χ2v) is 4.84. The summed E-state index contributed by atoms with van der Waals surface area (Å²) in [6, 6.07) is 12.6. The Morgan fingerprint density at radius 3 is 2.37 bits per heavy atom. The maximum absolute atomic E-state index is 11.9. The Bertz CT molecular complexity index is 594. The summed E-state index contributed by atoms with van der Waals surface area (Å²) in [4.78, 5) is 11.9. The highest BCUT2D eigenvalue weighted by Gasteiger charge is 2.05. The van der Waals surface area contributed by atoms with E-state index in [9.17, 15) is 4.79 Å². The highest BCUT2D eigenvalue weighted by atomic mass is 35.5. The van der Waals surface area contributed by atoms with Crippen LogP contribution >= 0.6 is 11.6 Å². The molecular weight excluding hydrogens is 260 g/mol.